The maximum Gasteiger partial charge on any atom is 0.343 e. The first-order valence-electron chi connectivity index (χ1n) is 7.57. The van der Waals surface area contributed by atoms with Crippen molar-refractivity contribution in [2.75, 3.05) is 24.5 Å². The first-order chi connectivity index (χ1) is 11.1. The molecule has 0 bridgehead atoms. The summed E-state index contributed by atoms with van der Waals surface area (Å²) in [5.74, 6) is 0.705. The quantitative estimate of drug-likeness (QED) is 0.790. The predicted octanol–water partition coefficient (Wildman–Crippen LogP) is -0.455. The van der Waals surface area contributed by atoms with Gasteiger partial charge in [-0.1, -0.05) is 0 Å². The SMILES string of the molecule is Cn1nc(C(=O)NCC2CCCN(c3ncccn3)C2)[nH]c1=O. The lowest BCUT2D eigenvalue weighted by Gasteiger charge is -2.32. The smallest absolute Gasteiger partial charge is 0.343 e. The van der Waals surface area contributed by atoms with Gasteiger partial charge in [0.1, 0.15) is 0 Å². The molecular formula is C14H19N7O2. The minimum atomic E-state index is -0.403. The summed E-state index contributed by atoms with van der Waals surface area (Å²) in [6.07, 6.45) is 5.51. The van der Waals surface area contributed by atoms with Crippen molar-refractivity contribution in [3.63, 3.8) is 0 Å². The van der Waals surface area contributed by atoms with Gasteiger partial charge in [0.2, 0.25) is 11.8 Å². The number of nitrogens with zero attached hydrogens (tertiary/aromatic N) is 5. The molecule has 1 unspecified atom stereocenters. The molecule has 1 aliphatic heterocycles. The van der Waals surface area contributed by atoms with Gasteiger partial charge < -0.3 is 10.2 Å². The number of aryl methyl sites for hydroxylation is 1. The molecule has 2 aromatic heterocycles. The number of carbonyl (C=O) groups excluding carboxylic acids is 1. The van der Waals surface area contributed by atoms with E-state index in [2.05, 4.69) is 30.3 Å². The number of hydrogen-bond donors (Lipinski definition) is 2. The van der Waals surface area contributed by atoms with Crippen LogP contribution in [0.5, 0.6) is 0 Å². The zero-order chi connectivity index (χ0) is 16.2. The number of anilines is 1. The summed E-state index contributed by atoms with van der Waals surface area (Å²) >= 11 is 0. The standard InChI is InChI=1S/C14H19N7O2/c1-20-14(23)18-11(19-20)12(22)17-8-10-4-2-7-21(9-10)13-15-5-3-6-16-13/h3,5-6,10H,2,4,7-9H2,1H3,(H,17,22)(H,18,19,23). The monoisotopic (exact) mass is 317 g/mol. The highest BCUT2D eigenvalue weighted by atomic mass is 16.2. The predicted molar refractivity (Wildman–Crippen MR) is 83.1 cm³/mol. The minimum Gasteiger partial charge on any atom is -0.349 e. The average molecular weight is 317 g/mol. The number of hydrogen-bond acceptors (Lipinski definition) is 6. The Kier molecular flexibility index (Phi) is 4.35. The van der Waals surface area contributed by atoms with Crippen molar-refractivity contribution in [2.45, 2.75) is 12.8 Å². The fourth-order valence-electron chi connectivity index (χ4n) is 2.69. The number of nitrogens with one attached hydrogen (secondary N) is 2. The molecule has 3 rings (SSSR count). The highest BCUT2D eigenvalue weighted by molar-refractivity contribution is 5.90. The summed E-state index contributed by atoms with van der Waals surface area (Å²) in [5.41, 5.74) is -0.403. The summed E-state index contributed by atoms with van der Waals surface area (Å²) in [6, 6.07) is 1.79. The van der Waals surface area contributed by atoms with Crippen LogP contribution >= 0.6 is 0 Å². The maximum atomic E-state index is 12.0. The number of aromatic amines is 1. The lowest BCUT2D eigenvalue weighted by atomic mass is 9.98. The van der Waals surface area contributed by atoms with Crippen molar-refractivity contribution in [3.8, 4) is 0 Å². The second-order valence-electron chi connectivity index (χ2n) is 5.62. The summed E-state index contributed by atoms with van der Waals surface area (Å²) in [4.78, 5) is 36.4. The largest absolute Gasteiger partial charge is 0.349 e. The van der Waals surface area contributed by atoms with Gasteiger partial charge in [0.25, 0.3) is 5.91 Å². The average Bonchev–Trinajstić information content (AvgIpc) is 2.93. The molecule has 2 aromatic rings. The van der Waals surface area contributed by atoms with Gasteiger partial charge in [0.05, 0.1) is 0 Å². The van der Waals surface area contributed by atoms with E-state index in [1.807, 2.05) is 0 Å². The van der Waals surface area contributed by atoms with E-state index in [4.69, 9.17) is 0 Å². The first kappa shape index (κ1) is 15.2. The highest BCUT2D eigenvalue weighted by Crippen LogP contribution is 2.19. The van der Waals surface area contributed by atoms with Crippen LogP contribution in [0.15, 0.2) is 23.3 Å². The number of amides is 1. The molecule has 0 aromatic carbocycles. The van der Waals surface area contributed by atoms with E-state index >= 15 is 0 Å². The number of aromatic nitrogens is 5. The summed E-state index contributed by atoms with van der Waals surface area (Å²) in [5, 5.41) is 6.67. The van der Waals surface area contributed by atoms with Crippen molar-refractivity contribution < 1.29 is 4.79 Å². The lowest BCUT2D eigenvalue weighted by molar-refractivity contribution is 0.0935. The van der Waals surface area contributed by atoms with Gasteiger partial charge >= 0.3 is 5.69 Å². The van der Waals surface area contributed by atoms with E-state index in [0.29, 0.717) is 12.5 Å². The topological polar surface area (TPSA) is 109 Å². The van der Waals surface area contributed by atoms with Crippen LogP contribution in [0, 0.1) is 5.92 Å². The van der Waals surface area contributed by atoms with Crippen molar-refractivity contribution in [2.24, 2.45) is 13.0 Å². The Morgan fingerprint density at radius 1 is 1.43 bits per heavy atom. The Morgan fingerprint density at radius 2 is 2.22 bits per heavy atom. The van der Waals surface area contributed by atoms with Crippen molar-refractivity contribution in [1.82, 2.24) is 30.0 Å². The highest BCUT2D eigenvalue weighted by Gasteiger charge is 2.22. The van der Waals surface area contributed by atoms with Crippen LogP contribution in [-0.2, 0) is 7.05 Å². The number of rotatable bonds is 4. The van der Waals surface area contributed by atoms with Gasteiger partial charge in [0, 0.05) is 39.1 Å². The van der Waals surface area contributed by atoms with Gasteiger partial charge in [-0.15, -0.1) is 5.10 Å². The van der Waals surface area contributed by atoms with Gasteiger partial charge in [-0.2, -0.15) is 0 Å². The molecule has 3 heterocycles. The van der Waals surface area contributed by atoms with E-state index in [9.17, 15) is 9.59 Å². The van der Waals surface area contributed by atoms with Crippen LogP contribution in [0.1, 0.15) is 23.5 Å². The minimum absolute atomic E-state index is 0.0385. The third-order valence-electron chi connectivity index (χ3n) is 3.89. The van der Waals surface area contributed by atoms with Gasteiger partial charge in [-0.05, 0) is 24.8 Å². The lowest BCUT2D eigenvalue weighted by Crippen LogP contribution is -2.41. The molecular weight excluding hydrogens is 298 g/mol. The normalized spacial score (nSPS) is 18.0. The summed E-state index contributed by atoms with van der Waals surface area (Å²) in [6.45, 7) is 2.24. The van der Waals surface area contributed by atoms with E-state index in [-0.39, 0.29) is 11.7 Å². The molecule has 2 N–H and O–H groups in total. The second-order valence-corrected chi connectivity index (χ2v) is 5.62. The van der Waals surface area contributed by atoms with Gasteiger partial charge in [0.15, 0.2) is 0 Å². The first-order valence-corrected chi connectivity index (χ1v) is 7.57. The van der Waals surface area contributed by atoms with Crippen molar-refractivity contribution in [3.05, 3.63) is 34.8 Å². The third-order valence-corrected chi connectivity index (χ3v) is 3.89. The zero-order valence-corrected chi connectivity index (χ0v) is 12.9. The van der Waals surface area contributed by atoms with Gasteiger partial charge in [-0.25, -0.2) is 19.4 Å². The van der Waals surface area contributed by atoms with Crippen LogP contribution < -0.4 is 15.9 Å². The van der Waals surface area contributed by atoms with Crippen LogP contribution in [-0.4, -0.2) is 50.3 Å². The molecule has 122 valence electrons. The number of piperidine rings is 1. The van der Waals surface area contributed by atoms with Crippen LogP contribution in [0.3, 0.4) is 0 Å². The molecule has 9 nitrogen and oxygen atoms in total. The number of H-pyrrole nitrogens is 1. The van der Waals surface area contributed by atoms with E-state index < -0.39 is 5.69 Å². The van der Waals surface area contributed by atoms with E-state index in [1.54, 1.807) is 18.5 Å². The molecule has 1 fully saturated rings. The fraction of sp³-hybridized carbons (Fsp3) is 0.500. The molecule has 23 heavy (non-hydrogen) atoms. The third kappa shape index (κ3) is 3.55. The van der Waals surface area contributed by atoms with Crippen LogP contribution in [0.4, 0.5) is 5.95 Å². The molecule has 0 spiro atoms. The molecule has 1 saturated heterocycles. The van der Waals surface area contributed by atoms with Crippen LogP contribution in [0.25, 0.3) is 0 Å². The maximum absolute atomic E-state index is 12.0. The van der Waals surface area contributed by atoms with Gasteiger partial charge in [-0.3, -0.25) is 9.78 Å². The molecule has 0 radical (unpaired) electrons. The fourth-order valence-corrected chi connectivity index (χ4v) is 2.69. The Hall–Kier alpha value is -2.71. The van der Waals surface area contributed by atoms with Crippen molar-refractivity contribution >= 4 is 11.9 Å². The van der Waals surface area contributed by atoms with E-state index in [1.165, 1.54) is 7.05 Å². The molecule has 1 atom stereocenters. The molecule has 1 aliphatic rings. The molecule has 1 amide bonds. The molecule has 0 aliphatic carbocycles. The summed E-state index contributed by atoms with van der Waals surface area (Å²) < 4.78 is 1.10. The second kappa shape index (κ2) is 6.59. The Bertz CT molecular complexity index is 724. The zero-order valence-electron chi connectivity index (χ0n) is 12.9. The Morgan fingerprint density at radius 3 is 2.91 bits per heavy atom. The molecule has 0 saturated carbocycles. The van der Waals surface area contributed by atoms with Crippen LogP contribution in [0.2, 0.25) is 0 Å². The van der Waals surface area contributed by atoms with E-state index in [0.717, 1.165) is 36.6 Å². The molecule has 9 heteroatoms. The summed E-state index contributed by atoms with van der Waals surface area (Å²) in [7, 11) is 1.49. The Balaban J connectivity index is 1.56. The number of carbonyl (C=O) groups is 1. The van der Waals surface area contributed by atoms with Crippen molar-refractivity contribution in [1.29, 1.82) is 0 Å². The Labute approximate surface area is 132 Å².